The lowest BCUT2D eigenvalue weighted by molar-refractivity contribution is -0.119. The molecule has 1 N–H and O–H groups in total. The standard InChI is InChI=1S/C20H17ClFN3O4S/c1-11-15(12(2)29-25-11)10-30-19-14(4-3-7-23-19)20(27)28-9-18(26)24-17-8-13(21)5-6-16(17)22/h3-8H,9-10H2,1-2H3,(H,24,26). The van der Waals surface area contributed by atoms with E-state index in [-0.39, 0.29) is 16.3 Å². The van der Waals surface area contributed by atoms with Crippen LogP contribution >= 0.6 is 23.4 Å². The third-order valence-corrected chi connectivity index (χ3v) is 5.33. The van der Waals surface area contributed by atoms with Gasteiger partial charge in [0.2, 0.25) is 0 Å². The number of halogens is 2. The Bertz CT molecular complexity index is 1070. The van der Waals surface area contributed by atoms with Crippen LogP contribution in [-0.2, 0) is 15.3 Å². The lowest BCUT2D eigenvalue weighted by Crippen LogP contribution is -2.21. The monoisotopic (exact) mass is 449 g/mol. The number of nitrogens with zero attached hydrogens (tertiary/aromatic N) is 2. The zero-order valence-electron chi connectivity index (χ0n) is 16.1. The number of pyridine rings is 1. The number of carbonyl (C=O) groups is 2. The van der Waals surface area contributed by atoms with Crippen molar-refractivity contribution in [2.24, 2.45) is 0 Å². The van der Waals surface area contributed by atoms with Gasteiger partial charge in [-0.25, -0.2) is 14.2 Å². The van der Waals surface area contributed by atoms with Gasteiger partial charge in [-0.1, -0.05) is 16.8 Å². The molecule has 0 spiro atoms. The van der Waals surface area contributed by atoms with E-state index in [0.29, 0.717) is 16.5 Å². The Labute approximate surface area is 180 Å². The van der Waals surface area contributed by atoms with E-state index in [4.69, 9.17) is 20.9 Å². The molecule has 0 fully saturated rings. The van der Waals surface area contributed by atoms with E-state index < -0.39 is 24.3 Å². The minimum Gasteiger partial charge on any atom is -0.452 e. The molecule has 2 aromatic heterocycles. The van der Waals surface area contributed by atoms with Crippen molar-refractivity contribution in [3.05, 3.63) is 69.9 Å². The van der Waals surface area contributed by atoms with E-state index in [0.717, 1.165) is 17.3 Å². The number of anilines is 1. The molecule has 0 saturated carbocycles. The predicted molar refractivity (Wildman–Crippen MR) is 110 cm³/mol. The van der Waals surface area contributed by atoms with Crippen molar-refractivity contribution in [2.45, 2.75) is 24.6 Å². The molecule has 1 aromatic carbocycles. The van der Waals surface area contributed by atoms with Crippen LogP contribution in [0.5, 0.6) is 0 Å². The molecule has 1 amide bonds. The highest BCUT2D eigenvalue weighted by atomic mass is 35.5. The van der Waals surface area contributed by atoms with Gasteiger partial charge in [-0.05, 0) is 44.2 Å². The maximum atomic E-state index is 13.7. The van der Waals surface area contributed by atoms with Gasteiger partial charge in [-0.3, -0.25) is 4.79 Å². The first-order valence-electron chi connectivity index (χ1n) is 8.76. The molecule has 3 aromatic rings. The van der Waals surface area contributed by atoms with Crippen molar-refractivity contribution in [3.8, 4) is 0 Å². The van der Waals surface area contributed by atoms with Crippen LogP contribution < -0.4 is 5.32 Å². The number of amides is 1. The van der Waals surface area contributed by atoms with Gasteiger partial charge >= 0.3 is 5.97 Å². The van der Waals surface area contributed by atoms with Crippen molar-refractivity contribution in [3.63, 3.8) is 0 Å². The average molecular weight is 450 g/mol. The molecule has 10 heteroatoms. The van der Waals surface area contributed by atoms with E-state index in [1.54, 1.807) is 18.3 Å². The number of aryl methyl sites for hydroxylation is 2. The third-order valence-electron chi connectivity index (χ3n) is 4.06. The quantitative estimate of drug-likeness (QED) is 0.417. The first kappa shape index (κ1) is 21.8. The third kappa shape index (κ3) is 5.37. The first-order chi connectivity index (χ1) is 14.3. The molecule has 2 heterocycles. The Kier molecular flexibility index (Phi) is 7.07. The van der Waals surface area contributed by atoms with Gasteiger partial charge in [0.05, 0.1) is 16.9 Å². The first-order valence-corrected chi connectivity index (χ1v) is 10.1. The molecule has 156 valence electrons. The van der Waals surface area contributed by atoms with E-state index in [1.165, 1.54) is 23.9 Å². The fourth-order valence-electron chi connectivity index (χ4n) is 2.50. The summed E-state index contributed by atoms with van der Waals surface area (Å²) >= 11 is 7.11. The molecule has 30 heavy (non-hydrogen) atoms. The normalized spacial score (nSPS) is 10.7. The van der Waals surface area contributed by atoms with Crippen LogP contribution in [0, 0.1) is 19.7 Å². The fourth-order valence-corrected chi connectivity index (χ4v) is 3.81. The van der Waals surface area contributed by atoms with Gasteiger partial charge in [-0.2, -0.15) is 0 Å². The zero-order valence-corrected chi connectivity index (χ0v) is 17.6. The highest BCUT2D eigenvalue weighted by molar-refractivity contribution is 7.98. The summed E-state index contributed by atoms with van der Waals surface area (Å²) in [5.41, 5.74) is 1.81. The van der Waals surface area contributed by atoms with Crippen molar-refractivity contribution < 1.29 is 23.2 Å². The summed E-state index contributed by atoms with van der Waals surface area (Å²) in [6.07, 6.45) is 1.56. The van der Waals surface area contributed by atoms with Crippen LogP contribution in [0.2, 0.25) is 5.02 Å². The molecular weight excluding hydrogens is 433 g/mol. The lowest BCUT2D eigenvalue weighted by Gasteiger charge is -2.10. The highest BCUT2D eigenvalue weighted by Crippen LogP contribution is 2.27. The number of hydrogen-bond donors (Lipinski definition) is 1. The highest BCUT2D eigenvalue weighted by Gasteiger charge is 2.18. The minimum absolute atomic E-state index is 0.0966. The summed E-state index contributed by atoms with van der Waals surface area (Å²) in [7, 11) is 0. The maximum absolute atomic E-state index is 13.7. The second kappa shape index (κ2) is 9.73. The molecular formula is C20H17ClFN3O4S. The summed E-state index contributed by atoms with van der Waals surface area (Å²) in [4.78, 5) is 28.7. The SMILES string of the molecule is Cc1noc(C)c1CSc1ncccc1C(=O)OCC(=O)Nc1cc(Cl)ccc1F. The van der Waals surface area contributed by atoms with Crippen LogP contribution in [0.15, 0.2) is 46.1 Å². The molecule has 0 aliphatic rings. The van der Waals surface area contributed by atoms with Gasteiger partial charge in [-0.15, -0.1) is 11.8 Å². The maximum Gasteiger partial charge on any atom is 0.341 e. The Morgan fingerprint density at radius 3 is 2.83 bits per heavy atom. The molecule has 0 saturated heterocycles. The fraction of sp³-hybridized carbons (Fsp3) is 0.200. The van der Waals surface area contributed by atoms with Gasteiger partial charge in [0, 0.05) is 22.5 Å². The number of hydrogen-bond acceptors (Lipinski definition) is 7. The summed E-state index contributed by atoms with van der Waals surface area (Å²) < 4.78 is 23.9. The Morgan fingerprint density at radius 1 is 1.30 bits per heavy atom. The lowest BCUT2D eigenvalue weighted by atomic mass is 10.2. The molecule has 0 aliphatic heterocycles. The molecule has 0 radical (unpaired) electrons. The van der Waals surface area contributed by atoms with E-state index >= 15 is 0 Å². The Morgan fingerprint density at radius 2 is 2.10 bits per heavy atom. The van der Waals surface area contributed by atoms with E-state index in [9.17, 15) is 14.0 Å². The van der Waals surface area contributed by atoms with E-state index in [2.05, 4.69) is 15.5 Å². The van der Waals surface area contributed by atoms with Crippen molar-refractivity contribution in [1.29, 1.82) is 0 Å². The van der Waals surface area contributed by atoms with Gasteiger partial charge in [0.15, 0.2) is 6.61 Å². The summed E-state index contributed by atoms with van der Waals surface area (Å²) in [5, 5.41) is 6.93. The number of aromatic nitrogens is 2. The number of ether oxygens (including phenoxy) is 1. The van der Waals surface area contributed by atoms with Crippen LogP contribution in [0.25, 0.3) is 0 Å². The van der Waals surface area contributed by atoms with Crippen LogP contribution in [0.4, 0.5) is 10.1 Å². The zero-order chi connectivity index (χ0) is 21.7. The van der Waals surface area contributed by atoms with Gasteiger partial charge in [0.25, 0.3) is 5.91 Å². The molecule has 0 bridgehead atoms. The number of rotatable bonds is 7. The number of nitrogens with one attached hydrogen (secondary N) is 1. The Balaban J connectivity index is 1.61. The van der Waals surface area contributed by atoms with Crippen LogP contribution in [-0.4, -0.2) is 28.6 Å². The number of carbonyl (C=O) groups excluding carboxylic acids is 2. The van der Waals surface area contributed by atoms with E-state index in [1.807, 2.05) is 13.8 Å². The second-order valence-electron chi connectivity index (χ2n) is 6.20. The van der Waals surface area contributed by atoms with Crippen LogP contribution in [0.1, 0.15) is 27.4 Å². The predicted octanol–water partition coefficient (Wildman–Crippen LogP) is 4.57. The van der Waals surface area contributed by atoms with Gasteiger partial charge in [0.1, 0.15) is 16.6 Å². The molecule has 0 aliphatic carbocycles. The van der Waals surface area contributed by atoms with Crippen molar-refractivity contribution in [2.75, 3.05) is 11.9 Å². The van der Waals surface area contributed by atoms with Crippen LogP contribution in [0.3, 0.4) is 0 Å². The number of esters is 1. The molecule has 0 unspecified atom stereocenters. The molecule has 0 atom stereocenters. The van der Waals surface area contributed by atoms with Crippen molar-refractivity contribution >= 4 is 40.9 Å². The number of benzene rings is 1. The molecule has 7 nitrogen and oxygen atoms in total. The Hall–Kier alpha value is -2.91. The molecule has 3 rings (SSSR count). The minimum atomic E-state index is -0.717. The van der Waals surface area contributed by atoms with Crippen molar-refractivity contribution in [1.82, 2.24) is 10.1 Å². The largest absolute Gasteiger partial charge is 0.452 e. The smallest absolute Gasteiger partial charge is 0.341 e. The average Bonchev–Trinajstić information content (AvgIpc) is 3.05. The van der Waals surface area contributed by atoms with Gasteiger partial charge < -0.3 is 14.6 Å². The summed E-state index contributed by atoms with van der Waals surface area (Å²) in [6, 6.07) is 6.90. The second-order valence-corrected chi connectivity index (χ2v) is 7.60. The number of thioether (sulfide) groups is 1. The summed E-state index contributed by atoms with van der Waals surface area (Å²) in [6.45, 7) is 3.06. The summed E-state index contributed by atoms with van der Waals surface area (Å²) in [5.74, 6) is -0.855. The topological polar surface area (TPSA) is 94.3 Å².